The van der Waals surface area contributed by atoms with Crippen LogP contribution >= 0.6 is 0 Å². The van der Waals surface area contributed by atoms with Crippen molar-refractivity contribution in [3.63, 3.8) is 0 Å². The first-order valence-electron chi connectivity index (χ1n) is 4.45. The van der Waals surface area contributed by atoms with Crippen LogP contribution in [0.25, 0.3) is 0 Å². The van der Waals surface area contributed by atoms with Crippen molar-refractivity contribution < 1.29 is 0 Å². The molecule has 1 aromatic rings. The number of pyridine rings is 1. The van der Waals surface area contributed by atoms with E-state index in [0.717, 1.165) is 0 Å². The first-order valence-corrected chi connectivity index (χ1v) is 4.45. The first-order chi connectivity index (χ1) is 5.79. The lowest BCUT2D eigenvalue weighted by Crippen LogP contribution is -2.33. The zero-order valence-electron chi connectivity index (χ0n) is 7.62. The Morgan fingerprint density at radius 3 is 3.25 bits per heavy atom. The summed E-state index contributed by atoms with van der Waals surface area (Å²) in [6, 6.07) is 2.77. The molecule has 64 valence electrons. The van der Waals surface area contributed by atoms with Gasteiger partial charge in [0, 0.05) is 31.2 Å². The van der Waals surface area contributed by atoms with Gasteiger partial charge in [-0.2, -0.15) is 0 Å². The maximum atomic E-state index is 4.13. The van der Waals surface area contributed by atoms with Crippen LogP contribution in [0.3, 0.4) is 0 Å². The molecule has 0 saturated heterocycles. The van der Waals surface area contributed by atoms with Gasteiger partial charge in [-0.15, -0.1) is 0 Å². The Morgan fingerprint density at radius 2 is 2.42 bits per heavy atom. The Balaban J connectivity index is 2.42. The van der Waals surface area contributed by atoms with Crippen molar-refractivity contribution in [3.8, 4) is 0 Å². The molecule has 0 unspecified atom stereocenters. The smallest absolute Gasteiger partial charge is 0.0429 e. The average Bonchev–Trinajstić information content (AvgIpc) is 2.12. The van der Waals surface area contributed by atoms with Gasteiger partial charge in [0.05, 0.1) is 0 Å². The molecule has 2 heteroatoms. The van der Waals surface area contributed by atoms with E-state index in [1.165, 1.54) is 24.1 Å². The number of aryl methyl sites for hydroxylation is 1. The van der Waals surface area contributed by atoms with E-state index in [0.29, 0.717) is 6.04 Å². The molecule has 2 nitrogen and oxygen atoms in total. The maximum absolute atomic E-state index is 4.13. The minimum absolute atomic E-state index is 0.667. The molecule has 1 atom stereocenters. The number of nitrogens with zero attached hydrogens (tertiary/aromatic N) is 2. The van der Waals surface area contributed by atoms with Crippen molar-refractivity contribution in [1.82, 2.24) is 4.98 Å². The molecule has 0 spiro atoms. The molecular weight excluding hydrogens is 148 g/mol. The van der Waals surface area contributed by atoms with Gasteiger partial charge in [-0.1, -0.05) is 0 Å². The molecule has 0 amide bonds. The molecule has 1 aromatic heterocycles. The van der Waals surface area contributed by atoms with E-state index in [1.807, 2.05) is 12.4 Å². The second kappa shape index (κ2) is 2.77. The highest BCUT2D eigenvalue weighted by Gasteiger charge is 2.18. The highest BCUT2D eigenvalue weighted by atomic mass is 15.1. The molecule has 0 fully saturated rings. The van der Waals surface area contributed by atoms with Crippen LogP contribution in [0.15, 0.2) is 18.5 Å². The van der Waals surface area contributed by atoms with Gasteiger partial charge in [0.15, 0.2) is 0 Å². The summed E-state index contributed by atoms with van der Waals surface area (Å²) in [5.41, 5.74) is 2.74. The first kappa shape index (κ1) is 7.59. The number of aromatic nitrogens is 1. The Morgan fingerprint density at radius 1 is 1.58 bits per heavy atom. The normalized spacial score (nSPS) is 22.2. The highest BCUT2D eigenvalue weighted by Crippen LogP contribution is 2.27. The number of hydrogen-bond acceptors (Lipinski definition) is 2. The van der Waals surface area contributed by atoms with E-state index in [4.69, 9.17) is 0 Å². The van der Waals surface area contributed by atoms with Gasteiger partial charge in [0.1, 0.15) is 0 Å². The van der Waals surface area contributed by atoms with Crippen LogP contribution in [0.2, 0.25) is 0 Å². The van der Waals surface area contributed by atoms with E-state index in [1.54, 1.807) is 0 Å². The summed E-state index contributed by atoms with van der Waals surface area (Å²) in [6.07, 6.45) is 6.27. The van der Waals surface area contributed by atoms with Gasteiger partial charge in [-0.3, -0.25) is 4.98 Å². The lowest BCUT2D eigenvalue weighted by molar-refractivity contribution is 0.597. The van der Waals surface area contributed by atoms with Gasteiger partial charge in [0.25, 0.3) is 0 Å². The van der Waals surface area contributed by atoms with E-state index in [9.17, 15) is 0 Å². The van der Waals surface area contributed by atoms with Gasteiger partial charge < -0.3 is 4.90 Å². The van der Waals surface area contributed by atoms with E-state index < -0.39 is 0 Å². The van der Waals surface area contributed by atoms with Crippen LogP contribution in [0, 0.1) is 0 Å². The zero-order chi connectivity index (χ0) is 8.55. The molecule has 0 N–H and O–H groups in total. The molecule has 2 heterocycles. The lowest BCUT2D eigenvalue weighted by Gasteiger charge is -2.33. The minimum atomic E-state index is 0.667. The fourth-order valence-corrected chi connectivity index (χ4v) is 1.75. The Hall–Kier alpha value is -1.05. The van der Waals surface area contributed by atoms with Crippen LogP contribution in [0.4, 0.5) is 5.69 Å². The topological polar surface area (TPSA) is 16.1 Å². The van der Waals surface area contributed by atoms with Crippen molar-refractivity contribution in [3.05, 3.63) is 24.0 Å². The van der Waals surface area contributed by atoms with Gasteiger partial charge in [-0.05, 0) is 31.4 Å². The SMILES string of the molecule is C[C@@H]1CCc2cnccc2N1C. The predicted molar refractivity (Wildman–Crippen MR) is 50.4 cm³/mol. The van der Waals surface area contributed by atoms with Gasteiger partial charge in [-0.25, -0.2) is 0 Å². The third kappa shape index (κ3) is 1.07. The Bertz CT molecular complexity index is 283. The van der Waals surface area contributed by atoms with Crippen molar-refractivity contribution in [2.45, 2.75) is 25.8 Å². The molecular formula is C10H14N2. The number of fused-ring (bicyclic) bond motifs is 1. The summed E-state index contributed by atoms with van der Waals surface area (Å²) >= 11 is 0. The molecule has 0 bridgehead atoms. The Labute approximate surface area is 73.2 Å². The molecule has 0 saturated carbocycles. The third-order valence-corrected chi connectivity index (χ3v) is 2.75. The summed E-state index contributed by atoms with van der Waals surface area (Å²) in [5.74, 6) is 0. The van der Waals surface area contributed by atoms with Gasteiger partial charge >= 0.3 is 0 Å². The maximum Gasteiger partial charge on any atom is 0.0429 e. The van der Waals surface area contributed by atoms with Crippen molar-refractivity contribution in [2.24, 2.45) is 0 Å². The van der Waals surface area contributed by atoms with Crippen molar-refractivity contribution in [1.29, 1.82) is 0 Å². The lowest BCUT2D eigenvalue weighted by atomic mass is 9.99. The summed E-state index contributed by atoms with van der Waals surface area (Å²) in [5, 5.41) is 0. The number of hydrogen-bond donors (Lipinski definition) is 0. The molecule has 2 rings (SSSR count). The van der Waals surface area contributed by atoms with E-state index >= 15 is 0 Å². The van der Waals surface area contributed by atoms with Crippen LogP contribution in [0.1, 0.15) is 18.9 Å². The van der Waals surface area contributed by atoms with E-state index in [2.05, 4.69) is 29.9 Å². The fraction of sp³-hybridized carbons (Fsp3) is 0.500. The summed E-state index contributed by atoms with van der Waals surface area (Å²) < 4.78 is 0. The summed E-state index contributed by atoms with van der Waals surface area (Å²) in [4.78, 5) is 6.46. The van der Waals surface area contributed by atoms with Crippen molar-refractivity contribution in [2.75, 3.05) is 11.9 Å². The standard InChI is InChI=1S/C10H14N2/c1-8-3-4-9-7-11-6-5-10(9)12(8)2/h5-8H,3-4H2,1-2H3/t8-/m1/s1. The van der Waals surface area contributed by atoms with Crippen LogP contribution in [-0.2, 0) is 6.42 Å². The van der Waals surface area contributed by atoms with Crippen LogP contribution < -0.4 is 4.90 Å². The number of anilines is 1. The molecule has 0 aromatic carbocycles. The molecule has 12 heavy (non-hydrogen) atoms. The minimum Gasteiger partial charge on any atom is -0.372 e. The zero-order valence-corrected chi connectivity index (χ0v) is 7.62. The fourth-order valence-electron chi connectivity index (χ4n) is 1.75. The highest BCUT2D eigenvalue weighted by molar-refractivity contribution is 5.54. The second-order valence-corrected chi connectivity index (χ2v) is 3.50. The van der Waals surface area contributed by atoms with Crippen LogP contribution in [0.5, 0.6) is 0 Å². The average molecular weight is 162 g/mol. The quantitative estimate of drug-likeness (QED) is 0.578. The number of rotatable bonds is 0. The Kier molecular flexibility index (Phi) is 1.75. The molecule has 0 radical (unpaired) electrons. The second-order valence-electron chi connectivity index (χ2n) is 3.50. The molecule has 1 aliphatic heterocycles. The van der Waals surface area contributed by atoms with Crippen LogP contribution in [-0.4, -0.2) is 18.1 Å². The summed E-state index contributed by atoms with van der Waals surface area (Å²) in [6.45, 7) is 2.27. The third-order valence-electron chi connectivity index (χ3n) is 2.75. The molecule has 0 aliphatic carbocycles. The largest absolute Gasteiger partial charge is 0.372 e. The monoisotopic (exact) mass is 162 g/mol. The van der Waals surface area contributed by atoms with Gasteiger partial charge in [0.2, 0.25) is 0 Å². The molecule has 1 aliphatic rings. The predicted octanol–water partition coefficient (Wildman–Crippen LogP) is 1.85. The van der Waals surface area contributed by atoms with Crippen molar-refractivity contribution >= 4 is 5.69 Å². The van der Waals surface area contributed by atoms with E-state index in [-0.39, 0.29) is 0 Å². The summed E-state index contributed by atoms with van der Waals surface area (Å²) in [7, 11) is 2.16.